The fourth-order valence-electron chi connectivity index (χ4n) is 1.66. The highest BCUT2D eigenvalue weighted by Crippen LogP contribution is 2.25. The van der Waals surface area contributed by atoms with Crippen LogP contribution in [0.5, 0.6) is 0 Å². The molecule has 0 fully saturated rings. The highest BCUT2D eigenvalue weighted by atomic mass is 79.9. The lowest BCUT2D eigenvalue weighted by atomic mass is 10.2. The molecule has 0 aliphatic heterocycles. The molecule has 0 spiro atoms. The van der Waals surface area contributed by atoms with Crippen LogP contribution >= 0.6 is 15.9 Å². The van der Waals surface area contributed by atoms with Crippen LogP contribution in [0.25, 0.3) is 11.4 Å². The summed E-state index contributed by atoms with van der Waals surface area (Å²) in [5.74, 6) is 0.223. The normalized spacial score (nSPS) is 10.7. The van der Waals surface area contributed by atoms with Gasteiger partial charge in [-0.1, -0.05) is 22.9 Å². The molecule has 5 heteroatoms. The lowest BCUT2D eigenvalue weighted by Crippen LogP contribution is -2.14. The zero-order valence-electron chi connectivity index (χ0n) is 10.7. The van der Waals surface area contributed by atoms with E-state index in [1.165, 1.54) is 12.1 Å². The van der Waals surface area contributed by atoms with E-state index >= 15 is 0 Å². The summed E-state index contributed by atoms with van der Waals surface area (Å²) in [6, 6.07) is 4.48. The van der Waals surface area contributed by atoms with Crippen molar-refractivity contribution in [2.75, 3.05) is 6.54 Å². The Morgan fingerprint density at radius 1 is 1.26 bits per heavy atom. The monoisotopic (exact) mass is 323 g/mol. The molecule has 0 saturated carbocycles. The Hall–Kier alpha value is -1.33. The molecule has 0 radical (unpaired) electrons. The van der Waals surface area contributed by atoms with Crippen molar-refractivity contribution >= 4 is 15.9 Å². The molecule has 0 amide bonds. The maximum atomic E-state index is 13.2. The topological polar surface area (TPSA) is 37.8 Å². The molecule has 3 nitrogen and oxygen atoms in total. The maximum absolute atomic E-state index is 13.2. The Morgan fingerprint density at radius 2 is 2.00 bits per heavy atom. The van der Waals surface area contributed by atoms with E-state index in [4.69, 9.17) is 0 Å². The van der Waals surface area contributed by atoms with Gasteiger partial charge in [-0.25, -0.2) is 14.4 Å². The molecule has 0 saturated heterocycles. The van der Waals surface area contributed by atoms with Gasteiger partial charge in [0.1, 0.15) is 5.82 Å². The van der Waals surface area contributed by atoms with Gasteiger partial charge < -0.3 is 5.32 Å². The number of nitrogens with zero attached hydrogens (tertiary/aromatic N) is 2. The van der Waals surface area contributed by atoms with E-state index in [-0.39, 0.29) is 5.82 Å². The fourth-order valence-corrected chi connectivity index (χ4v) is 2.09. The number of rotatable bonds is 5. The Kier molecular flexibility index (Phi) is 4.99. The van der Waals surface area contributed by atoms with E-state index in [0.29, 0.717) is 11.4 Å². The van der Waals surface area contributed by atoms with Crippen molar-refractivity contribution in [3.8, 4) is 11.4 Å². The smallest absolute Gasteiger partial charge is 0.160 e. The van der Waals surface area contributed by atoms with Gasteiger partial charge in [0.05, 0.1) is 0 Å². The van der Waals surface area contributed by atoms with Gasteiger partial charge in [-0.15, -0.1) is 0 Å². The minimum atomic E-state index is -0.296. The molecule has 0 atom stereocenters. The number of aromatic nitrogens is 2. The summed E-state index contributed by atoms with van der Waals surface area (Å²) in [6.07, 6.45) is 4.62. The summed E-state index contributed by atoms with van der Waals surface area (Å²) < 4.78 is 14.0. The van der Waals surface area contributed by atoms with Crippen molar-refractivity contribution in [3.05, 3.63) is 46.4 Å². The van der Waals surface area contributed by atoms with E-state index in [2.05, 4.69) is 38.1 Å². The van der Waals surface area contributed by atoms with Crippen molar-refractivity contribution in [3.63, 3.8) is 0 Å². The van der Waals surface area contributed by atoms with Crippen LogP contribution in [0.15, 0.2) is 35.1 Å². The predicted molar refractivity (Wildman–Crippen MR) is 77.1 cm³/mol. The third kappa shape index (κ3) is 3.81. The predicted octanol–water partition coefficient (Wildman–Crippen LogP) is 3.54. The molecule has 19 heavy (non-hydrogen) atoms. The SMILES string of the molecule is CCCNCc1cnc(-c2cc(F)ccc2Br)nc1. The number of hydrogen-bond acceptors (Lipinski definition) is 3. The molecule has 0 bridgehead atoms. The van der Waals surface area contributed by atoms with Gasteiger partial charge in [0, 0.05) is 34.5 Å². The summed E-state index contributed by atoms with van der Waals surface area (Å²) in [5, 5.41) is 3.28. The molecule has 1 aromatic heterocycles. The lowest BCUT2D eigenvalue weighted by Gasteiger charge is -2.05. The fraction of sp³-hybridized carbons (Fsp3) is 0.286. The first-order chi connectivity index (χ1) is 9.20. The van der Waals surface area contributed by atoms with Gasteiger partial charge in [-0.3, -0.25) is 0 Å². The summed E-state index contributed by atoms with van der Waals surface area (Å²) >= 11 is 3.38. The number of nitrogens with one attached hydrogen (secondary N) is 1. The molecule has 100 valence electrons. The first-order valence-electron chi connectivity index (χ1n) is 6.17. The third-order valence-corrected chi connectivity index (χ3v) is 3.32. The van der Waals surface area contributed by atoms with Crippen LogP contribution in [0.3, 0.4) is 0 Å². The largest absolute Gasteiger partial charge is 0.313 e. The first kappa shape index (κ1) is 14.1. The van der Waals surface area contributed by atoms with Crippen molar-refractivity contribution in [2.45, 2.75) is 19.9 Å². The van der Waals surface area contributed by atoms with E-state index in [0.717, 1.165) is 29.5 Å². The van der Waals surface area contributed by atoms with E-state index < -0.39 is 0 Å². The lowest BCUT2D eigenvalue weighted by molar-refractivity contribution is 0.628. The van der Waals surface area contributed by atoms with E-state index in [1.807, 2.05) is 0 Å². The zero-order chi connectivity index (χ0) is 13.7. The second-order valence-corrected chi connectivity index (χ2v) is 5.07. The summed E-state index contributed by atoms with van der Waals surface area (Å²) in [4.78, 5) is 8.56. The molecule has 1 N–H and O–H groups in total. The minimum absolute atomic E-state index is 0.296. The second-order valence-electron chi connectivity index (χ2n) is 4.22. The van der Waals surface area contributed by atoms with Crippen LogP contribution in [0.1, 0.15) is 18.9 Å². The highest BCUT2D eigenvalue weighted by Gasteiger charge is 2.07. The molecule has 1 heterocycles. The van der Waals surface area contributed by atoms with Gasteiger partial charge in [-0.05, 0) is 31.2 Å². The van der Waals surface area contributed by atoms with Gasteiger partial charge in [-0.2, -0.15) is 0 Å². The Morgan fingerprint density at radius 3 is 2.68 bits per heavy atom. The summed E-state index contributed by atoms with van der Waals surface area (Å²) in [7, 11) is 0. The van der Waals surface area contributed by atoms with Crippen molar-refractivity contribution in [1.29, 1.82) is 0 Å². The average Bonchev–Trinajstić information content (AvgIpc) is 2.43. The second kappa shape index (κ2) is 6.73. The van der Waals surface area contributed by atoms with Crippen LogP contribution in [0, 0.1) is 5.82 Å². The number of benzene rings is 1. The quantitative estimate of drug-likeness (QED) is 0.855. The molecule has 2 aromatic rings. The van der Waals surface area contributed by atoms with Gasteiger partial charge >= 0.3 is 0 Å². The van der Waals surface area contributed by atoms with Crippen LogP contribution < -0.4 is 5.32 Å². The minimum Gasteiger partial charge on any atom is -0.313 e. The standard InChI is InChI=1S/C14H15BrFN3/c1-2-5-17-7-10-8-18-14(19-9-10)12-6-11(16)3-4-13(12)15/h3-4,6,8-9,17H,2,5,7H2,1H3. The molecule has 2 rings (SSSR count). The van der Waals surface area contributed by atoms with Crippen molar-refractivity contribution in [2.24, 2.45) is 0 Å². The highest BCUT2D eigenvalue weighted by molar-refractivity contribution is 9.10. The third-order valence-electron chi connectivity index (χ3n) is 2.63. The molecular weight excluding hydrogens is 309 g/mol. The van der Waals surface area contributed by atoms with E-state index in [1.54, 1.807) is 18.5 Å². The molecule has 0 aliphatic rings. The Balaban J connectivity index is 2.15. The van der Waals surface area contributed by atoms with E-state index in [9.17, 15) is 4.39 Å². The van der Waals surface area contributed by atoms with Crippen LogP contribution in [0.2, 0.25) is 0 Å². The van der Waals surface area contributed by atoms with Crippen LogP contribution in [0.4, 0.5) is 4.39 Å². The van der Waals surface area contributed by atoms with Gasteiger partial charge in [0.2, 0.25) is 0 Å². The van der Waals surface area contributed by atoms with Crippen LogP contribution in [-0.4, -0.2) is 16.5 Å². The Bertz CT molecular complexity index is 543. The van der Waals surface area contributed by atoms with Crippen LogP contribution in [-0.2, 0) is 6.54 Å². The summed E-state index contributed by atoms with van der Waals surface area (Å²) in [6.45, 7) is 3.84. The number of hydrogen-bond donors (Lipinski definition) is 1. The number of halogens is 2. The average molecular weight is 324 g/mol. The first-order valence-corrected chi connectivity index (χ1v) is 6.97. The summed E-state index contributed by atoms with van der Waals surface area (Å²) in [5.41, 5.74) is 1.68. The maximum Gasteiger partial charge on any atom is 0.160 e. The van der Waals surface area contributed by atoms with Crippen molar-refractivity contribution < 1.29 is 4.39 Å². The molecular formula is C14H15BrFN3. The van der Waals surface area contributed by atoms with Gasteiger partial charge in [0.15, 0.2) is 5.82 Å². The van der Waals surface area contributed by atoms with Gasteiger partial charge in [0.25, 0.3) is 0 Å². The molecule has 1 aromatic carbocycles. The zero-order valence-corrected chi connectivity index (χ0v) is 12.2. The molecule has 0 aliphatic carbocycles. The molecule has 0 unspecified atom stereocenters. The Labute approximate surface area is 120 Å². The van der Waals surface area contributed by atoms with Crippen molar-refractivity contribution in [1.82, 2.24) is 15.3 Å².